The van der Waals surface area contributed by atoms with Crippen LogP contribution < -0.4 is 5.73 Å². The molecule has 1 saturated carbocycles. The summed E-state index contributed by atoms with van der Waals surface area (Å²) in [5.41, 5.74) is 5.41. The van der Waals surface area contributed by atoms with Crippen molar-refractivity contribution in [2.75, 3.05) is 0 Å². The lowest BCUT2D eigenvalue weighted by Crippen LogP contribution is -2.34. The van der Waals surface area contributed by atoms with Crippen LogP contribution in [0.1, 0.15) is 38.5 Å². The predicted octanol–water partition coefficient (Wildman–Crippen LogP) is 0.938. The van der Waals surface area contributed by atoms with Crippen LogP contribution >= 0.6 is 0 Å². The molecule has 0 aromatic rings. The van der Waals surface area contributed by atoms with Crippen molar-refractivity contribution < 1.29 is 14.7 Å². The van der Waals surface area contributed by atoms with Gasteiger partial charge < -0.3 is 10.8 Å². The van der Waals surface area contributed by atoms with Gasteiger partial charge >= 0.3 is 5.97 Å². The van der Waals surface area contributed by atoms with E-state index in [0.717, 1.165) is 25.7 Å². The third-order valence-electron chi connectivity index (χ3n) is 2.79. The van der Waals surface area contributed by atoms with Crippen molar-refractivity contribution in [2.24, 2.45) is 11.7 Å². The second kappa shape index (κ2) is 5.10. The van der Waals surface area contributed by atoms with E-state index < -0.39 is 12.0 Å². The number of nitrogens with two attached hydrogens (primary N) is 1. The summed E-state index contributed by atoms with van der Waals surface area (Å²) in [6.07, 6.45) is 4.73. The molecule has 0 aliphatic heterocycles. The Morgan fingerprint density at radius 1 is 1.50 bits per heavy atom. The van der Waals surface area contributed by atoms with E-state index in [4.69, 9.17) is 10.8 Å². The van der Waals surface area contributed by atoms with Crippen molar-refractivity contribution in [1.82, 2.24) is 0 Å². The quantitative estimate of drug-likeness (QED) is 0.663. The van der Waals surface area contributed by atoms with Gasteiger partial charge in [-0.25, -0.2) is 0 Å². The average Bonchev–Trinajstić information content (AvgIpc) is 2.32. The van der Waals surface area contributed by atoms with Crippen molar-refractivity contribution in [3.63, 3.8) is 0 Å². The number of carbonyl (C=O) groups is 2. The molecule has 4 nitrogen and oxygen atoms in total. The first-order valence-corrected chi connectivity index (χ1v) is 5.12. The minimum Gasteiger partial charge on any atom is -0.480 e. The van der Waals surface area contributed by atoms with Gasteiger partial charge in [0, 0.05) is 12.3 Å². The fourth-order valence-electron chi connectivity index (χ4n) is 1.89. The van der Waals surface area contributed by atoms with Crippen LogP contribution in [0.4, 0.5) is 0 Å². The molecular weight excluding hydrogens is 182 g/mol. The van der Waals surface area contributed by atoms with Gasteiger partial charge in [0.25, 0.3) is 0 Å². The molecule has 1 unspecified atom stereocenters. The zero-order valence-corrected chi connectivity index (χ0v) is 8.24. The number of hydrogen-bond acceptors (Lipinski definition) is 3. The molecule has 1 aliphatic carbocycles. The zero-order valence-electron chi connectivity index (χ0n) is 8.24. The Balaban J connectivity index is 2.48. The van der Waals surface area contributed by atoms with Crippen molar-refractivity contribution in [2.45, 2.75) is 44.6 Å². The summed E-state index contributed by atoms with van der Waals surface area (Å²) in [6.45, 7) is 0. The highest BCUT2D eigenvalue weighted by Gasteiger charge is 2.25. The maximum atomic E-state index is 11.5. The molecule has 80 valence electrons. The highest BCUT2D eigenvalue weighted by Crippen LogP contribution is 2.23. The Labute approximate surface area is 83.5 Å². The lowest BCUT2D eigenvalue weighted by molar-refractivity contribution is -0.139. The molecule has 0 amide bonds. The van der Waals surface area contributed by atoms with E-state index in [2.05, 4.69) is 0 Å². The molecule has 0 bridgehead atoms. The Morgan fingerprint density at radius 3 is 2.86 bits per heavy atom. The standard InChI is InChI=1S/C10H17NO3/c11-8(10(13)14)6-7-4-2-1-3-5-9(7)12/h7-8H,1-6,11H2,(H,13,14)/t7?,8-/m0/s1. The first-order valence-electron chi connectivity index (χ1n) is 5.12. The Bertz CT molecular complexity index is 227. The monoisotopic (exact) mass is 199 g/mol. The summed E-state index contributed by atoms with van der Waals surface area (Å²) in [5, 5.41) is 8.63. The number of carboxylic acid groups (broad SMARTS) is 1. The highest BCUT2D eigenvalue weighted by atomic mass is 16.4. The van der Waals surface area contributed by atoms with Crippen LogP contribution in [0.25, 0.3) is 0 Å². The van der Waals surface area contributed by atoms with Gasteiger partial charge in [-0.15, -0.1) is 0 Å². The van der Waals surface area contributed by atoms with Crippen LogP contribution in [0.2, 0.25) is 0 Å². The minimum atomic E-state index is -1.01. The molecule has 1 fully saturated rings. The van der Waals surface area contributed by atoms with E-state index in [-0.39, 0.29) is 11.7 Å². The van der Waals surface area contributed by atoms with E-state index in [1.807, 2.05) is 0 Å². The van der Waals surface area contributed by atoms with Crippen molar-refractivity contribution in [3.8, 4) is 0 Å². The molecule has 0 heterocycles. The summed E-state index contributed by atoms with van der Waals surface area (Å²) >= 11 is 0. The second-order valence-corrected chi connectivity index (χ2v) is 3.94. The molecule has 2 atom stereocenters. The first-order chi connectivity index (χ1) is 6.61. The second-order valence-electron chi connectivity index (χ2n) is 3.94. The largest absolute Gasteiger partial charge is 0.480 e. The fourth-order valence-corrected chi connectivity index (χ4v) is 1.89. The SMILES string of the molecule is N[C@@H](CC1CCCCCC1=O)C(=O)O. The molecule has 1 rings (SSSR count). The fraction of sp³-hybridized carbons (Fsp3) is 0.800. The molecule has 1 aliphatic rings. The summed E-state index contributed by atoms with van der Waals surface area (Å²) in [5.74, 6) is -0.940. The van der Waals surface area contributed by atoms with Crippen LogP contribution in [-0.2, 0) is 9.59 Å². The van der Waals surface area contributed by atoms with Crippen LogP contribution in [0.5, 0.6) is 0 Å². The topological polar surface area (TPSA) is 80.4 Å². The van der Waals surface area contributed by atoms with Gasteiger partial charge in [0.05, 0.1) is 0 Å². The molecule has 14 heavy (non-hydrogen) atoms. The number of carboxylic acids is 1. The molecule has 0 aromatic carbocycles. The lowest BCUT2D eigenvalue weighted by atomic mass is 9.92. The molecule has 0 radical (unpaired) electrons. The van der Waals surface area contributed by atoms with E-state index in [9.17, 15) is 9.59 Å². The van der Waals surface area contributed by atoms with Gasteiger partial charge in [0.1, 0.15) is 11.8 Å². The van der Waals surface area contributed by atoms with Gasteiger partial charge in [-0.3, -0.25) is 9.59 Å². The van der Waals surface area contributed by atoms with E-state index >= 15 is 0 Å². The molecule has 4 heteroatoms. The average molecular weight is 199 g/mol. The zero-order chi connectivity index (χ0) is 10.6. The molecular formula is C10H17NO3. The van der Waals surface area contributed by atoms with Gasteiger partial charge in [-0.1, -0.05) is 12.8 Å². The smallest absolute Gasteiger partial charge is 0.320 e. The minimum absolute atomic E-state index is 0.122. The number of aliphatic carboxylic acids is 1. The van der Waals surface area contributed by atoms with Crippen LogP contribution in [0.3, 0.4) is 0 Å². The summed E-state index contributed by atoms with van der Waals surface area (Å²) in [6, 6.07) is -0.887. The van der Waals surface area contributed by atoms with Gasteiger partial charge in [-0.2, -0.15) is 0 Å². The summed E-state index contributed by atoms with van der Waals surface area (Å²) in [7, 11) is 0. The molecule has 3 N–H and O–H groups in total. The van der Waals surface area contributed by atoms with Gasteiger partial charge in [0.2, 0.25) is 0 Å². The third kappa shape index (κ3) is 3.10. The number of hydrogen-bond donors (Lipinski definition) is 2. The third-order valence-corrected chi connectivity index (χ3v) is 2.79. The van der Waals surface area contributed by atoms with Crippen molar-refractivity contribution in [1.29, 1.82) is 0 Å². The van der Waals surface area contributed by atoms with Gasteiger partial charge in [0.15, 0.2) is 0 Å². The van der Waals surface area contributed by atoms with E-state index in [0.29, 0.717) is 12.8 Å². The predicted molar refractivity (Wildman–Crippen MR) is 51.8 cm³/mol. The lowest BCUT2D eigenvalue weighted by Gasteiger charge is -2.14. The first kappa shape index (κ1) is 11.2. The summed E-state index contributed by atoms with van der Waals surface area (Å²) < 4.78 is 0. The maximum absolute atomic E-state index is 11.5. The molecule has 0 saturated heterocycles. The Hall–Kier alpha value is -0.900. The number of carbonyl (C=O) groups excluding carboxylic acids is 1. The Kier molecular flexibility index (Phi) is 4.07. The van der Waals surface area contributed by atoms with Crippen molar-refractivity contribution >= 4 is 11.8 Å². The molecule has 0 spiro atoms. The number of ketones is 1. The van der Waals surface area contributed by atoms with E-state index in [1.165, 1.54) is 0 Å². The van der Waals surface area contributed by atoms with Gasteiger partial charge in [-0.05, 0) is 19.3 Å². The Morgan fingerprint density at radius 2 is 2.21 bits per heavy atom. The maximum Gasteiger partial charge on any atom is 0.320 e. The normalized spacial score (nSPS) is 25.5. The summed E-state index contributed by atoms with van der Waals surface area (Å²) in [4.78, 5) is 22.1. The van der Waals surface area contributed by atoms with Crippen LogP contribution in [-0.4, -0.2) is 22.9 Å². The highest BCUT2D eigenvalue weighted by molar-refractivity contribution is 5.82. The van der Waals surface area contributed by atoms with Crippen molar-refractivity contribution in [3.05, 3.63) is 0 Å². The van der Waals surface area contributed by atoms with E-state index in [1.54, 1.807) is 0 Å². The number of Topliss-reactive ketones (excluding diaryl/α,β-unsaturated/α-hetero) is 1. The molecule has 0 aromatic heterocycles. The van der Waals surface area contributed by atoms with Crippen LogP contribution in [0.15, 0.2) is 0 Å². The van der Waals surface area contributed by atoms with Crippen LogP contribution in [0, 0.1) is 5.92 Å². The number of rotatable bonds is 3.